The number of benzene rings is 1. The van der Waals surface area contributed by atoms with Gasteiger partial charge in [0.15, 0.2) is 5.76 Å². The first kappa shape index (κ1) is 18.4. The van der Waals surface area contributed by atoms with Crippen LogP contribution in [-0.4, -0.2) is 39.7 Å². The van der Waals surface area contributed by atoms with Crippen molar-refractivity contribution in [3.63, 3.8) is 0 Å². The average Bonchev–Trinajstić information content (AvgIpc) is 3.37. The maximum Gasteiger partial charge on any atom is 0.287 e. The van der Waals surface area contributed by atoms with Crippen molar-refractivity contribution in [3.8, 4) is 0 Å². The van der Waals surface area contributed by atoms with Crippen LogP contribution < -0.4 is 5.32 Å². The van der Waals surface area contributed by atoms with Crippen molar-refractivity contribution >= 4 is 5.91 Å². The molecule has 1 saturated heterocycles. The fourth-order valence-electron chi connectivity index (χ4n) is 3.58. The average molecular weight is 382 g/mol. The lowest BCUT2D eigenvalue weighted by molar-refractivity contribution is 0.0870. The van der Waals surface area contributed by atoms with Crippen molar-refractivity contribution < 1.29 is 13.6 Å². The van der Waals surface area contributed by atoms with Crippen LogP contribution in [0, 0.1) is 5.82 Å². The predicted molar refractivity (Wildman–Crippen MR) is 102 cm³/mol. The predicted octanol–water partition coefficient (Wildman–Crippen LogP) is 3.06. The lowest BCUT2D eigenvalue weighted by atomic mass is 10.0. The Hall–Kier alpha value is -2.93. The van der Waals surface area contributed by atoms with Gasteiger partial charge in [-0.2, -0.15) is 5.10 Å². The third-order valence-corrected chi connectivity index (χ3v) is 4.95. The number of aromatic nitrogens is 2. The van der Waals surface area contributed by atoms with Gasteiger partial charge in [0.2, 0.25) is 0 Å². The van der Waals surface area contributed by atoms with Gasteiger partial charge in [-0.3, -0.25) is 14.4 Å². The summed E-state index contributed by atoms with van der Waals surface area (Å²) in [6.07, 6.45) is 5.41. The fraction of sp³-hybridized carbons (Fsp3) is 0.333. The van der Waals surface area contributed by atoms with Crippen LogP contribution in [0.5, 0.6) is 0 Å². The summed E-state index contributed by atoms with van der Waals surface area (Å²) in [6, 6.07) is 12.2. The molecule has 1 aromatic carbocycles. The largest absolute Gasteiger partial charge is 0.454 e. The molecular formula is C21H23FN4O2. The van der Waals surface area contributed by atoms with Crippen LogP contribution >= 0.6 is 0 Å². The Morgan fingerprint density at radius 1 is 1.21 bits per heavy atom. The zero-order valence-corrected chi connectivity index (χ0v) is 15.6. The lowest BCUT2D eigenvalue weighted by Gasteiger charge is -2.33. The maximum absolute atomic E-state index is 13.9. The minimum absolute atomic E-state index is 0.0210. The molecule has 0 bridgehead atoms. The topological polar surface area (TPSA) is 63.3 Å². The zero-order valence-electron chi connectivity index (χ0n) is 15.6. The Morgan fingerprint density at radius 2 is 2.11 bits per heavy atom. The molecule has 1 N–H and O–H groups in total. The molecule has 0 radical (unpaired) electrons. The first-order valence-corrected chi connectivity index (χ1v) is 9.50. The number of furan rings is 1. The second-order valence-electron chi connectivity index (χ2n) is 7.11. The van der Waals surface area contributed by atoms with Crippen molar-refractivity contribution in [2.45, 2.75) is 32.0 Å². The minimum atomic E-state index is -0.218. The quantitative estimate of drug-likeness (QED) is 0.712. The standard InChI is InChI=1S/C21H23FN4O2/c22-19-7-2-1-5-16(19)13-25-11-3-6-17(14-25)24-21(27)20-9-8-18(28-20)15-26-12-4-10-23-26/h1-2,4-5,7-10,12,17H,3,6,11,13-15H2,(H,24,27). The van der Waals surface area contributed by atoms with Crippen molar-refractivity contribution in [1.82, 2.24) is 20.0 Å². The summed E-state index contributed by atoms with van der Waals surface area (Å²) >= 11 is 0. The van der Waals surface area contributed by atoms with Gasteiger partial charge < -0.3 is 9.73 Å². The van der Waals surface area contributed by atoms with E-state index < -0.39 is 0 Å². The van der Waals surface area contributed by atoms with Crippen LogP contribution in [0.1, 0.15) is 34.7 Å². The molecule has 0 saturated carbocycles. The number of halogens is 1. The molecule has 7 heteroatoms. The lowest BCUT2D eigenvalue weighted by Crippen LogP contribution is -2.47. The molecule has 1 amide bonds. The molecule has 2 aromatic heterocycles. The van der Waals surface area contributed by atoms with Gasteiger partial charge in [-0.1, -0.05) is 18.2 Å². The van der Waals surface area contributed by atoms with Gasteiger partial charge >= 0.3 is 0 Å². The van der Waals surface area contributed by atoms with Crippen molar-refractivity contribution in [3.05, 3.63) is 77.8 Å². The van der Waals surface area contributed by atoms with Gasteiger partial charge in [-0.15, -0.1) is 0 Å². The van der Waals surface area contributed by atoms with Gasteiger partial charge in [-0.25, -0.2) is 4.39 Å². The molecule has 6 nitrogen and oxygen atoms in total. The number of carbonyl (C=O) groups is 1. The summed E-state index contributed by atoms with van der Waals surface area (Å²) in [7, 11) is 0. The van der Waals surface area contributed by atoms with E-state index in [1.54, 1.807) is 29.1 Å². The zero-order chi connectivity index (χ0) is 19.3. The normalized spacial score (nSPS) is 17.5. The van der Waals surface area contributed by atoms with Gasteiger partial charge in [0.05, 0.1) is 6.54 Å². The maximum atomic E-state index is 13.9. The number of carbonyl (C=O) groups excluding carboxylic acids is 1. The van der Waals surface area contributed by atoms with E-state index in [1.165, 1.54) is 6.07 Å². The summed E-state index contributed by atoms with van der Waals surface area (Å²) in [5.41, 5.74) is 0.684. The molecule has 1 aliphatic heterocycles. The summed E-state index contributed by atoms with van der Waals surface area (Å²) in [4.78, 5) is 14.7. The Balaban J connectivity index is 1.33. The van der Waals surface area contributed by atoms with Crippen LogP contribution in [0.25, 0.3) is 0 Å². The van der Waals surface area contributed by atoms with Gasteiger partial charge in [0, 0.05) is 37.1 Å². The summed E-state index contributed by atoms with van der Waals surface area (Å²) < 4.78 is 21.3. The van der Waals surface area contributed by atoms with Crippen LogP contribution in [0.15, 0.2) is 59.3 Å². The number of nitrogens with zero attached hydrogens (tertiary/aromatic N) is 3. The highest BCUT2D eigenvalue weighted by atomic mass is 19.1. The van der Waals surface area contributed by atoms with Crippen molar-refractivity contribution in [2.75, 3.05) is 13.1 Å². The minimum Gasteiger partial charge on any atom is -0.454 e. The first-order valence-electron chi connectivity index (χ1n) is 9.50. The number of amides is 1. The number of hydrogen-bond acceptors (Lipinski definition) is 4. The fourth-order valence-corrected chi connectivity index (χ4v) is 3.58. The number of nitrogens with one attached hydrogen (secondary N) is 1. The summed E-state index contributed by atoms with van der Waals surface area (Å²) in [5, 5.41) is 7.18. The molecule has 146 valence electrons. The van der Waals surface area contributed by atoms with Gasteiger partial charge in [-0.05, 0) is 43.7 Å². The molecule has 3 heterocycles. The number of piperidine rings is 1. The Morgan fingerprint density at radius 3 is 2.93 bits per heavy atom. The second kappa shape index (κ2) is 8.39. The van der Waals surface area contributed by atoms with Crippen LogP contribution in [0.2, 0.25) is 0 Å². The molecule has 1 unspecified atom stereocenters. The number of hydrogen-bond donors (Lipinski definition) is 1. The summed E-state index contributed by atoms with van der Waals surface area (Å²) in [6.45, 7) is 2.63. The third-order valence-electron chi connectivity index (χ3n) is 4.95. The molecular weight excluding hydrogens is 359 g/mol. The molecule has 3 aromatic rings. The van der Waals surface area contributed by atoms with Crippen molar-refractivity contribution in [1.29, 1.82) is 0 Å². The Bertz CT molecular complexity index is 922. The van der Waals surface area contributed by atoms with E-state index in [0.29, 0.717) is 36.7 Å². The van der Waals surface area contributed by atoms with Gasteiger partial charge in [0.25, 0.3) is 5.91 Å². The molecule has 1 fully saturated rings. The van der Waals surface area contributed by atoms with Crippen LogP contribution in [0.4, 0.5) is 4.39 Å². The molecule has 4 rings (SSSR count). The van der Waals surface area contributed by atoms with E-state index in [2.05, 4.69) is 15.3 Å². The number of rotatable bonds is 6. The SMILES string of the molecule is O=C(NC1CCCN(Cc2ccccc2F)C1)c1ccc(Cn2cccn2)o1. The van der Waals surface area contributed by atoms with Crippen LogP contribution in [0.3, 0.4) is 0 Å². The molecule has 1 aliphatic rings. The van der Waals surface area contributed by atoms with E-state index in [1.807, 2.05) is 24.4 Å². The number of likely N-dealkylation sites (tertiary alicyclic amines) is 1. The van der Waals surface area contributed by atoms with Crippen LogP contribution in [-0.2, 0) is 13.1 Å². The Kier molecular flexibility index (Phi) is 5.53. The highest BCUT2D eigenvalue weighted by molar-refractivity contribution is 5.91. The van der Waals surface area contributed by atoms with Gasteiger partial charge in [0.1, 0.15) is 11.6 Å². The van der Waals surface area contributed by atoms with E-state index >= 15 is 0 Å². The molecule has 28 heavy (non-hydrogen) atoms. The van der Waals surface area contributed by atoms with E-state index in [9.17, 15) is 9.18 Å². The second-order valence-corrected chi connectivity index (χ2v) is 7.11. The molecule has 1 atom stereocenters. The molecule has 0 aliphatic carbocycles. The first-order chi connectivity index (χ1) is 13.7. The van der Waals surface area contributed by atoms with Crippen molar-refractivity contribution in [2.24, 2.45) is 0 Å². The molecule has 0 spiro atoms. The van der Waals surface area contributed by atoms with E-state index in [-0.39, 0.29) is 17.8 Å². The van der Waals surface area contributed by atoms with E-state index in [4.69, 9.17) is 4.42 Å². The summed E-state index contributed by atoms with van der Waals surface area (Å²) in [5.74, 6) is 0.575. The Labute approximate surface area is 162 Å². The van der Waals surface area contributed by atoms with E-state index in [0.717, 1.165) is 19.4 Å². The highest BCUT2D eigenvalue weighted by Crippen LogP contribution is 2.17. The smallest absolute Gasteiger partial charge is 0.287 e. The highest BCUT2D eigenvalue weighted by Gasteiger charge is 2.23. The third kappa shape index (κ3) is 4.48. The monoisotopic (exact) mass is 382 g/mol.